The molecular formula is C57H57BN2Si. The van der Waals surface area contributed by atoms with E-state index in [-0.39, 0.29) is 28.5 Å². The third-order valence-electron chi connectivity index (χ3n) is 16.6. The molecule has 0 spiro atoms. The molecule has 0 fully saturated rings. The van der Waals surface area contributed by atoms with Gasteiger partial charge in [-0.25, -0.2) is 0 Å². The second kappa shape index (κ2) is 11.8. The molecule has 2 nitrogen and oxygen atoms in total. The minimum Gasteiger partial charge on any atom is -0.377 e. The van der Waals surface area contributed by atoms with Gasteiger partial charge in [0.2, 0.25) is 0 Å². The van der Waals surface area contributed by atoms with Crippen LogP contribution in [0.2, 0.25) is 13.1 Å². The number of aryl methyl sites for hydroxylation is 1. The first-order valence-electron chi connectivity index (χ1n) is 22.8. The number of hydrogen-bond acceptors (Lipinski definition) is 2. The molecule has 61 heavy (non-hydrogen) atoms. The topological polar surface area (TPSA) is 6.48 Å². The molecule has 0 atom stereocenters. The van der Waals surface area contributed by atoms with Crippen LogP contribution in [-0.4, -0.2) is 14.9 Å². The van der Waals surface area contributed by atoms with Crippen molar-refractivity contribution in [1.82, 2.24) is 0 Å². The van der Waals surface area contributed by atoms with Crippen LogP contribution in [0.5, 0.6) is 0 Å². The van der Waals surface area contributed by atoms with E-state index in [4.69, 9.17) is 0 Å². The standard InChI is InChI=1S/C57H57BN2Si/c1-34-29-40-41(55(4,5)28-27-54(40,2)3)32-46(34)59-47-33-43-42(56(6,7)38-22-14-15-23-39(38)57(43,8)9)31-44(47)58-52-48(59)30-35-19-12-13-20-36(35)51(52)37-21-18-26-50-53(37)60(58)45-24-16-17-25-49(45)61(50,10)11/h12-26,29-33H,27-28H2,1-11H3. The summed E-state index contributed by atoms with van der Waals surface area (Å²) in [5.74, 6) is 0. The molecule has 0 radical (unpaired) electrons. The summed E-state index contributed by atoms with van der Waals surface area (Å²) in [7, 11) is -2.08. The van der Waals surface area contributed by atoms with Crippen molar-refractivity contribution in [3.05, 3.63) is 160 Å². The Morgan fingerprint density at radius 3 is 1.84 bits per heavy atom. The van der Waals surface area contributed by atoms with E-state index >= 15 is 0 Å². The van der Waals surface area contributed by atoms with Gasteiger partial charge in [-0.05, 0) is 131 Å². The molecule has 0 unspecified atom stereocenters. The average molecular weight is 809 g/mol. The van der Waals surface area contributed by atoms with Crippen LogP contribution in [0.3, 0.4) is 0 Å². The van der Waals surface area contributed by atoms with E-state index in [2.05, 4.69) is 206 Å². The normalized spacial score (nSPS) is 19.5. The van der Waals surface area contributed by atoms with Gasteiger partial charge in [-0.15, -0.1) is 0 Å². The summed E-state index contributed by atoms with van der Waals surface area (Å²) in [5.41, 5.74) is 22.3. The number of anilines is 5. The fourth-order valence-electron chi connectivity index (χ4n) is 13.0. The highest BCUT2D eigenvalue weighted by Crippen LogP contribution is 2.56. The molecule has 3 heterocycles. The van der Waals surface area contributed by atoms with Crippen molar-refractivity contribution in [3.63, 3.8) is 0 Å². The summed E-state index contributed by atoms with van der Waals surface area (Å²) in [5, 5.41) is 5.71. The average Bonchev–Trinajstić information content (AvgIpc) is 3.24. The first-order chi connectivity index (χ1) is 28.9. The Hall–Kier alpha value is -5.32. The van der Waals surface area contributed by atoms with Crippen LogP contribution in [0, 0.1) is 6.92 Å². The van der Waals surface area contributed by atoms with Crippen molar-refractivity contribution >= 4 is 75.4 Å². The Morgan fingerprint density at radius 2 is 1.11 bits per heavy atom. The molecule has 3 aliphatic heterocycles. The van der Waals surface area contributed by atoms with Crippen molar-refractivity contribution in [2.45, 2.75) is 110 Å². The fraction of sp³-hybridized carbons (Fsp3) is 0.298. The molecule has 7 aromatic rings. The summed E-state index contributed by atoms with van der Waals surface area (Å²) in [4.78, 5) is 5.54. The highest BCUT2D eigenvalue weighted by atomic mass is 28.3. The van der Waals surface area contributed by atoms with Crippen molar-refractivity contribution in [2.75, 3.05) is 9.71 Å². The summed E-state index contributed by atoms with van der Waals surface area (Å²) in [6, 6.07) is 48.3. The fourth-order valence-corrected chi connectivity index (χ4v) is 16.0. The van der Waals surface area contributed by atoms with E-state index in [1.807, 2.05) is 0 Å². The molecule has 5 aliphatic rings. The molecular weight excluding hydrogens is 752 g/mol. The van der Waals surface area contributed by atoms with Gasteiger partial charge in [-0.3, -0.25) is 0 Å². The van der Waals surface area contributed by atoms with Gasteiger partial charge in [0, 0.05) is 44.8 Å². The maximum atomic E-state index is 2.81. The third kappa shape index (κ3) is 4.65. The van der Waals surface area contributed by atoms with E-state index in [0.717, 1.165) is 0 Å². The Kier molecular flexibility index (Phi) is 7.23. The van der Waals surface area contributed by atoms with Gasteiger partial charge in [-0.2, -0.15) is 0 Å². The Balaban J connectivity index is 1.27. The number of fused-ring (bicyclic) bond motifs is 11. The zero-order valence-corrected chi connectivity index (χ0v) is 38.9. The van der Waals surface area contributed by atoms with Crippen molar-refractivity contribution in [1.29, 1.82) is 0 Å². The molecule has 0 bridgehead atoms. The molecule has 0 aromatic heterocycles. The molecule has 4 heteroatoms. The third-order valence-corrected chi connectivity index (χ3v) is 20.1. The van der Waals surface area contributed by atoms with Gasteiger partial charge in [0.1, 0.15) is 8.07 Å². The lowest BCUT2D eigenvalue weighted by Gasteiger charge is -2.52. The van der Waals surface area contributed by atoms with Crippen molar-refractivity contribution in [3.8, 4) is 11.1 Å². The molecule has 0 amide bonds. The van der Waals surface area contributed by atoms with Crippen LogP contribution in [0.15, 0.2) is 121 Å². The number of nitrogens with zero attached hydrogens (tertiary/aromatic N) is 2. The minimum atomic E-state index is -2.08. The second-order valence-electron chi connectivity index (χ2n) is 22.1. The van der Waals surface area contributed by atoms with E-state index in [1.165, 1.54) is 123 Å². The van der Waals surface area contributed by atoms with E-state index in [1.54, 1.807) is 0 Å². The highest BCUT2D eigenvalue weighted by Gasteiger charge is 2.53. The first kappa shape index (κ1) is 37.4. The molecule has 0 saturated carbocycles. The highest BCUT2D eigenvalue weighted by molar-refractivity contribution is 7.05. The molecule has 7 aromatic carbocycles. The number of benzene rings is 7. The van der Waals surface area contributed by atoms with E-state index in [0.29, 0.717) is 0 Å². The van der Waals surface area contributed by atoms with Gasteiger partial charge < -0.3 is 9.71 Å². The predicted octanol–water partition coefficient (Wildman–Crippen LogP) is 12.3. The van der Waals surface area contributed by atoms with E-state index in [9.17, 15) is 0 Å². The lowest BCUT2D eigenvalue weighted by Crippen LogP contribution is -2.68. The monoisotopic (exact) mass is 808 g/mol. The van der Waals surface area contributed by atoms with Crippen LogP contribution < -0.4 is 31.0 Å². The number of para-hydroxylation sites is 2. The smallest absolute Gasteiger partial charge is 0.333 e. The molecule has 302 valence electrons. The Morgan fingerprint density at radius 1 is 0.525 bits per heavy atom. The van der Waals surface area contributed by atoms with Crippen LogP contribution in [0.25, 0.3) is 21.9 Å². The quantitative estimate of drug-likeness (QED) is 0.152. The maximum Gasteiger partial charge on any atom is 0.333 e. The largest absolute Gasteiger partial charge is 0.377 e. The maximum absolute atomic E-state index is 2.81. The number of hydrogen-bond donors (Lipinski definition) is 0. The predicted molar refractivity (Wildman–Crippen MR) is 265 cm³/mol. The molecule has 0 N–H and O–H groups in total. The van der Waals surface area contributed by atoms with Crippen molar-refractivity contribution < 1.29 is 0 Å². The summed E-state index contributed by atoms with van der Waals surface area (Å²) in [6.45, 7) is 27.2. The Bertz CT molecular complexity index is 3110. The summed E-state index contributed by atoms with van der Waals surface area (Å²) >= 11 is 0. The lowest BCUT2D eigenvalue weighted by atomic mass is 9.42. The van der Waals surface area contributed by atoms with Crippen LogP contribution >= 0.6 is 0 Å². The minimum absolute atomic E-state index is 0.0181. The van der Waals surface area contributed by atoms with Gasteiger partial charge in [0.15, 0.2) is 0 Å². The summed E-state index contributed by atoms with van der Waals surface area (Å²) < 4.78 is 0. The van der Waals surface area contributed by atoms with Gasteiger partial charge in [0.05, 0.1) is 0 Å². The Labute approximate surface area is 364 Å². The zero-order chi connectivity index (χ0) is 42.3. The van der Waals surface area contributed by atoms with Crippen LogP contribution in [0.1, 0.15) is 107 Å². The second-order valence-corrected chi connectivity index (χ2v) is 26.4. The van der Waals surface area contributed by atoms with Crippen molar-refractivity contribution in [2.24, 2.45) is 0 Å². The van der Waals surface area contributed by atoms with Crippen LogP contribution in [-0.2, 0) is 21.7 Å². The molecule has 0 saturated heterocycles. The van der Waals surface area contributed by atoms with Gasteiger partial charge in [0.25, 0.3) is 0 Å². The SMILES string of the molecule is Cc1cc2c(cc1N1c3cc4c(cc3B3c5c1cc1ccccc1c5-c1cccc5c1N3c1ccccc1[Si]5(C)C)C(C)(C)c1ccccc1C4(C)C)C(C)(C)CCC2(C)C. The number of rotatable bonds is 1. The zero-order valence-electron chi connectivity index (χ0n) is 37.9. The van der Waals surface area contributed by atoms with Gasteiger partial charge in [-0.1, -0.05) is 166 Å². The lowest BCUT2D eigenvalue weighted by molar-refractivity contribution is 0.332. The van der Waals surface area contributed by atoms with E-state index < -0.39 is 8.07 Å². The molecule has 2 aliphatic carbocycles. The first-order valence-corrected chi connectivity index (χ1v) is 25.8. The van der Waals surface area contributed by atoms with Gasteiger partial charge >= 0.3 is 6.85 Å². The van der Waals surface area contributed by atoms with Crippen LogP contribution in [0.4, 0.5) is 28.4 Å². The molecule has 12 rings (SSSR count). The summed E-state index contributed by atoms with van der Waals surface area (Å²) in [6.07, 6.45) is 2.39.